The lowest BCUT2D eigenvalue weighted by Gasteiger charge is -2.24. The van der Waals surface area contributed by atoms with Crippen molar-refractivity contribution in [3.63, 3.8) is 0 Å². The van der Waals surface area contributed by atoms with Crippen molar-refractivity contribution in [1.82, 2.24) is 20.0 Å². The van der Waals surface area contributed by atoms with E-state index in [1.807, 2.05) is 6.07 Å². The third kappa shape index (κ3) is 4.99. The van der Waals surface area contributed by atoms with Gasteiger partial charge in [-0.2, -0.15) is 23.5 Å². The molecule has 1 aromatic heterocycles. The number of halogens is 4. The molecule has 9 nitrogen and oxygen atoms in total. The topological polar surface area (TPSA) is 125 Å². The van der Waals surface area contributed by atoms with Gasteiger partial charge in [-0.25, -0.2) is 8.42 Å². The summed E-state index contributed by atoms with van der Waals surface area (Å²) in [5.74, 6) is -1.49. The summed E-state index contributed by atoms with van der Waals surface area (Å²) in [7, 11) is -4.07. The molecule has 1 aliphatic carbocycles. The third-order valence-corrected chi connectivity index (χ3v) is 8.65. The lowest BCUT2D eigenvalue weighted by Crippen LogP contribution is -2.50. The number of amides is 2. The van der Waals surface area contributed by atoms with Crippen LogP contribution in [0, 0.1) is 11.3 Å². The highest BCUT2D eigenvalue weighted by Gasteiger charge is 2.50. The average Bonchev–Trinajstić information content (AvgIpc) is 3.19. The molecule has 2 fully saturated rings. The lowest BCUT2D eigenvalue weighted by atomic mass is 10.1. The summed E-state index contributed by atoms with van der Waals surface area (Å²) in [6.07, 6.45) is -3.15. The van der Waals surface area contributed by atoms with Gasteiger partial charge in [-0.3, -0.25) is 14.3 Å². The second-order valence-corrected chi connectivity index (χ2v) is 11.1. The molecule has 1 aromatic carbocycles. The Hall–Kier alpha value is -3.11. The minimum absolute atomic E-state index is 0.0177. The Morgan fingerprint density at radius 1 is 1.26 bits per heavy atom. The highest BCUT2D eigenvalue weighted by atomic mass is 35.5. The molecule has 1 saturated heterocycles. The van der Waals surface area contributed by atoms with Gasteiger partial charge in [0.15, 0.2) is 15.5 Å². The molecule has 4 rings (SSSR count). The quantitative estimate of drug-likeness (QED) is 0.611. The second-order valence-electron chi connectivity index (χ2n) is 8.47. The number of rotatable bonds is 6. The van der Waals surface area contributed by atoms with Crippen LogP contribution in [-0.4, -0.2) is 58.3 Å². The van der Waals surface area contributed by atoms with E-state index in [4.69, 9.17) is 11.6 Å². The van der Waals surface area contributed by atoms with Crippen LogP contribution in [0.4, 0.5) is 13.2 Å². The van der Waals surface area contributed by atoms with Crippen LogP contribution in [0.25, 0.3) is 0 Å². The molecular formula is C21H19ClF3N5O4S. The largest absolute Gasteiger partial charge is 0.435 e. The molecule has 2 aromatic rings. The van der Waals surface area contributed by atoms with Crippen molar-refractivity contribution >= 4 is 33.3 Å². The Labute approximate surface area is 203 Å². The number of nitrogens with one attached hydrogen (secondary N) is 1. The summed E-state index contributed by atoms with van der Waals surface area (Å²) in [6, 6.07) is 7.21. The van der Waals surface area contributed by atoms with Gasteiger partial charge in [0.2, 0.25) is 11.8 Å². The summed E-state index contributed by atoms with van der Waals surface area (Å²) >= 11 is 6.07. The summed E-state index contributed by atoms with van der Waals surface area (Å²) in [5.41, 5.74) is -2.25. The summed E-state index contributed by atoms with van der Waals surface area (Å²) < 4.78 is 65.9. The van der Waals surface area contributed by atoms with Gasteiger partial charge in [0, 0.05) is 12.7 Å². The molecule has 2 heterocycles. The van der Waals surface area contributed by atoms with Gasteiger partial charge >= 0.3 is 6.18 Å². The van der Waals surface area contributed by atoms with Crippen LogP contribution in [-0.2, 0) is 32.1 Å². The minimum atomic E-state index is -4.70. The van der Waals surface area contributed by atoms with Crippen molar-refractivity contribution < 1.29 is 31.2 Å². The Morgan fingerprint density at radius 2 is 1.94 bits per heavy atom. The second kappa shape index (κ2) is 8.83. The van der Waals surface area contributed by atoms with Crippen molar-refractivity contribution in [3.8, 4) is 6.07 Å². The average molecular weight is 530 g/mol. The number of likely N-dealkylation sites (tertiary alicyclic amines) is 1. The van der Waals surface area contributed by atoms with Crippen LogP contribution in [0.15, 0.2) is 41.4 Å². The van der Waals surface area contributed by atoms with E-state index in [0.717, 1.165) is 15.8 Å². The van der Waals surface area contributed by atoms with Gasteiger partial charge < -0.3 is 10.2 Å². The SMILES string of the molecule is N#CC1(NC(=O)[C@@H]2C[C@@H](S(=O)(=O)c3ccccc3Cl)CN2C(=O)Cn2ccc(C(F)(F)F)n2)CC1. The number of hydrogen-bond donors (Lipinski definition) is 1. The summed E-state index contributed by atoms with van der Waals surface area (Å²) in [4.78, 5) is 26.9. The molecule has 2 amide bonds. The van der Waals surface area contributed by atoms with E-state index in [-0.39, 0.29) is 22.9 Å². The van der Waals surface area contributed by atoms with Gasteiger partial charge in [-0.1, -0.05) is 23.7 Å². The first kappa shape index (κ1) is 25.0. The number of nitrogens with zero attached hydrogens (tertiary/aromatic N) is 4. The van der Waals surface area contributed by atoms with Crippen molar-refractivity contribution in [3.05, 3.63) is 47.2 Å². The fraction of sp³-hybridized carbons (Fsp3) is 0.429. The minimum Gasteiger partial charge on any atom is -0.336 e. The molecule has 2 aliphatic rings. The van der Waals surface area contributed by atoms with Gasteiger partial charge in [0.25, 0.3) is 0 Å². The first-order chi connectivity index (χ1) is 16.4. The van der Waals surface area contributed by atoms with Crippen LogP contribution in [0.5, 0.6) is 0 Å². The number of nitriles is 1. The first-order valence-corrected chi connectivity index (χ1v) is 12.4. The maximum atomic E-state index is 13.3. The van der Waals surface area contributed by atoms with Crippen LogP contribution < -0.4 is 5.32 Å². The van der Waals surface area contributed by atoms with Crippen molar-refractivity contribution in [2.45, 2.75) is 53.7 Å². The number of alkyl halides is 3. The van der Waals surface area contributed by atoms with Crippen molar-refractivity contribution in [2.24, 2.45) is 0 Å². The highest BCUT2D eigenvalue weighted by molar-refractivity contribution is 7.92. The number of hydrogen-bond acceptors (Lipinski definition) is 6. The first-order valence-electron chi connectivity index (χ1n) is 10.5. The summed E-state index contributed by atoms with van der Waals surface area (Å²) in [6.45, 7) is -1.01. The third-order valence-electron chi connectivity index (χ3n) is 6.02. The molecule has 35 heavy (non-hydrogen) atoms. The van der Waals surface area contributed by atoms with Crippen molar-refractivity contribution in [2.75, 3.05) is 6.54 Å². The predicted molar refractivity (Wildman–Crippen MR) is 115 cm³/mol. The molecule has 1 saturated carbocycles. The van der Waals surface area contributed by atoms with Crippen LogP contribution >= 0.6 is 11.6 Å². The van der Waals surface area contributed by atoms with E-state index in [9.17, 15) is 36.4 Å². The molecule has 0 spiro atoms. The van der Waals surface area contributed by atoms with Crippen LogP contribution in [0.3, 0.4) is 0 Å². The molecule has 1 N–H and O–H groups in total. The fourth-order valence-electron chi connectivity index (χ4n) is 3.94. The van der Waals surface area contributed by atoms with Gasteiger partial charge in [-0.15, -0.1) is 0 Å². The Kier molecular flexibility index (Phi) is 6.31. The number of aromatic nitrogens is 2. The summed E-state index contributed by atoms with van der Waals surface area (Å²) in [5, 5.41) is 14.0. The Morgan fingerprint density at radius 3 is 2.51 bits per heavy atom. The highest BCUT2D eigenvalue weighted by Crippen LogP contribution is 2.36. The van der Waals surface area contributed by atoms with Crippen molar-refractivity contribution in [1.29, 1.82) is 5.26 Å². The molecule has 2 atom stereocenters. The number of carbonyl (C=O) groups is 2. The Balaban J connectivity index is 1.60. The van der Waals surface area contributed by atoms with Gasteiger partial charge in [-0.05, 0) is 37.5 Å². The maximum Gasteiger partial charge on any atom is 0.435 e. The lowest BCUT2D eigenvalue weighted by molar-refractivity contribution is -0.142. The van der Waals surface area contributed by atoms with Gasteiger partial charge in [0.05, 0.1) is 21.2 Å². The molecule has 0 unspecified atom stereocenters. The van der Waals surface area contributed by atoms with Crippen LogP contribution in [0.1, 0.15) is 25.0 Å². The van der Waals surface area contributed by atoms with E-state index < -0.39 is 56.9 Å². The van der Waals surface area contributed by atoms with E-state index in [1.54, 1.807) is 6.07 Å². The molecule has 186 valence electrons. The fourth-order valence-corrected chi connectivity index (χ4v) is 6.16. The molecule has 14 heteroatoms. The number of carbonyl (C=O) groups excluding carboxylic acids is 2. The zero-order valence-electron chi connectivity index (χ0n) is 18.0. The Bertz CT molecular complexity index is 1320. The van der Waals surface area contributed by atoms with E-state index in [2.05, 4.69) is 10.4 Å². The number of sulfone groups is 1. The van der Waals surface area contributed by atoms with E-state index in [0.29, 0.717) is 18.9 Å². The molecule has 0 radical (unpaired) electrons. The number of benzene rings is 1. The standard InChI is InChI=1S/C21H19ClF3N5O4S/c22-14-3-1-2-4-16(14)35(33,34)13-9-15(19(32)27-20(12-26)6-7-20)30(10-13)18(31)11-29-8-5-17(28-29)21(23,24)25/h1-5,8,13,15H,6-7,9-11H2,(H,27,32)/t13-,15+/m1/s1. The zero-order valence-corrected chi connectivity index (χ0v) is 19.6. The maximum absolute atomic E-state index is 13.3. The predicted octanol–water partition coefficient (Wildman–Crippen LogP) is 2.17. The van der Waals surface area contributed by atoms with Gasteiger partial charge in [0.1, 0.15) is 18.1 Å². The smallest absolute Gasteiger partial charge is 0.336 e. The van der Waals surface area contributed by atoms with Crippen LogP contribution in [0.2, 0.25) is 5.02 Å². The van der Waals surface area contributed by atoms with E-state index in [1.165, 1.54) is 18.2 Å². The molecular weight excluding hydrogens is 511 g/mol. The van der Waals surface area contributed by atoms with E-state index >= 15 is 0 Å². The zero-order chi connectivity index (χ0) is 25.6. The molecule has 0 bridgehead atoms. The monoisotopic (exact) mass is 529 g/mol. The normalized spacial score (nSPS) is 21.4. The molecule has 1 aliphatic heterocycles.